The zero-order valence-corrected chi connectivity index (χ0v) is 15.0. The van der Waals surface area contributed by atoms with Crippen molar-refractivity contribution in [3.63, 3.8) is 0 Å². The molecule has 132 valence electrons. The summed E-state index contributed by atoms with van der Waals surface area (Å²) in [7, 11) is 0. The van der Waals surface area contributed by atoms with E-state index in [9.17, 15) is 4.79 Å². The Morgan fingerprint density at radius 3 is 2.72 bits per heavy atom. The van der Waals surface area contributed by atoms with E-state index in [0.29, 0.717) is 11.2 Å². The van der Waals surface area contributed by atoms with Crippen LogP contribution in [0.1, 0.15) is 44.9 Å². The van der Waals surface area contributed by atoms with Crippen LogP contribution >= 0.6 is 11.3 Å². The topological polar surface area (TPSA) is 71.0 Å². The molecule has 1 aliphatic heterocycles. The number of piperidine rings is 1. The smallest absolute Gasteiger partial charge is 0.243 e. The van der Waals surface area contributed by atoms with Crippen LogP contribution in [0.2, 0.25) is 0 Å². The highest BCUT2D eigenvalue weighted by atomic mass is 32.1. The third kappa shape index (κ3) is 3.72. The summed E-state index contributed by atoms with van der Waals surface area (Å²) >= 11 is 1.45. The second-order valence-electron chi connectivity index (χ2n) is 6.80. The van der Waals surface area contributed by atoms with Crippen molar-refractivity contribution in [2.75, 3.05) is 11.9 Å². The van der Waals surface area contributed by atoms with Crippen LogP contribution in [0.4, 0.5) is 5.13 Å². The van der Waals surface area contributed by atoms with Crippen LogP contribution in [0, 0.1) is 0 Å². The lowest BCUT2D eigenvalue weighted by Crippen LogP contribution is -2.51. The van der Waals surface area contributed by atoms with Crippen molar-refractivity contribution in [2.45, 2.75) is 57.0 Å². The molecule has 0 spiro atoms. The number of anilines is 1. The Kier molecular flexibility index (Phi) is 5.03. The number of amides is 1. The number of rotatable bonds is 4. The lowest BCUT2D eigenvalue weighted by atomic mass is 9.98. The molecule has 1 atom stereocenters. The standard InChI is InChI=1S/C18H23N5OS/c24-17(15-7-3-4-10-23(15)13-5-1-2-6-13)22-18-21-12-16(25-18)14-11-19-8-9-20-14/h8-9,11-13,15H,1-7,10H2,(H,21,22,24)/t15-/m0/s1. The van der Waals surface area contributed by atoms with Crippen molar-refractivity contribution in [3.8, 4) is 10.6 Å². The van der Waals surface area contributed by atoms with Gasteiger partial charge in [0.15, 0.2) is 5.13 Å². The summed E-state index contributed by atoms with van der Waals surface area (Å²) in [6, 6.07) is 0.572. The zero-order chi connectivity index (χ0) is 17.1. The maximum Gasteiger partial charge on any atom is 0.243 e. The Balaban J connectivity index is 1.44. The molecule has 0 aromatic carbocycles. The van der Waals surface area contributed by atoms with Gasteiger partial charge in [0, 0.05) is 24.6 Å². The van der Waals surface area contributed by atoms with Crippen molar-refractivity contribution < 1.29 is 4.79 Å². The van der Waals surface area contributed by atoms with Gasteiger partial charge in [-0.1, -0.05) is 30.6 Å². The first kappa shape index (κ1) is 16.6. The fraction of sp³-hybridized carbons (Fsp3) is 0.556. The van der Waals surface area contributed by atoms with Crippen LogP contribution in [-0.4, -0.2) is 44.4 Å². The summed E-state index contributed by atoms with van der Waals surface area (Å²) < 4.78 is 0. The minimum Gasteiger partial charge on any atom is -0.301 e. The lowest BCUT2D eigenvalue weighted by molar-refractivity contribution is -0.123. The van der Waals surface area contributed by atoms with E-state index in [-0.39, 0.29) is 11.9 Å². The molecule has 0 radical (unpaired) electrons. The second kappa shape index (κ2) is 7.58. The monoisotopic (exact) mass is 357 g/mol. The van der Waals surface area contributed by atoms with Gasteiger partial charge in [-0.05, 0) is 32.2 Å². The van der Waals surface area contributed by atoms with E-state index in [1.54, 1.807) is 24.8 Å². The van der Waals surface area contributed by atoms with Gasteiger partial charge in [0.1, 0.15) is 5.69 Å². The predicted octanol–water partition coefficient (Wildman–Crippen LogP) is 3.34. The number of hydrogen-bond donors (Lipinski definition) is 1. The Hall–Kier alpha value is -1.86. The van der Waals surface area contributed by atoms with Crippen LogP contribution in [-0.2, 0) is 4.79 Å². The number of likely N-dealkylation sites (tertiary alicyclic amines) is 1. The van der Waals surface area contributed by atoms with Crippen LogP contribution in [0.3, 0.4) is 0 Å². The molecule has 1 saturated heterocycles. The Morgan fingerprint density at radius 2 is 1.92 bits per heavy atom. The highest BCUT2D eigenvalue weighted by molar-refractivity contribution is 7.19. The first-order valence-electron chi connectivity index (χ1n) is 9.10. The maximum atomic E-state index is 12.9. The number of carbonyl (C=O) groups is 1. The third-order valence-electron chi connectivity index (χ3n) is 5.19. The zero-order valence-electron chi connectivity index (χ0n) is 14.2. The highest BCUT2D eigenvalue weighted by Gasteiger charge is 2.34. The van der Waals surface area contributed by atoms with Crippen LogP contribution in [0.25, 0.3) is 10.6 Å². The number of carbonyl (C=O) groups excluding carboxylic acids is 1. The number of hydrogen-bond acceptors (Lipinski definition) is 6. The number of thiazole rings is 1. The van der Waals surface area contributed by atoms with E-state index in [2.05, 4.69) is 25.2 Å². The van der Waals surface area contributed by atoms with Crippen molar-refractivity contribution in [1.29, 1.82) is 0 Å². The molecule has 0 bridgehead atoms. The molecule has 2 aromatic rings. The summed E-state index contributed by atoms with van der Waals surface area (Å²) in [6.07, 6.45) is 15.1. The molecule has 4 rings (SSSR count). The van der Waals surface area contributed by atoms with Gasteiger partial charge in [-0.2, -0.15) is 0 Å². The van der Waals surface area contributed by atoms with Gasteiger partial charge in [0.05, 0.1) is 17.1 Å². The predicted molar refractivity (Wildman–Crippen MR) is 98.4 cm³/mol. The highest BCUT2D eigenvalue weighted by Crippen LogP contribution is 2.31. The van der Waals surface area contributed by atoms with Crippen LogP contribution < -0.4 is 5.32 Å². The van der Waals surface area contributed by atoms with Crippen LogP contribution in [0.5, 0.6) is 0 Å². The first-order chi connectivity index (χ1) is 12.3. The molecule has 6 nitrogen and oxygen atoms in total. The minimum absolute atomic E-state index is 0.0132. The summed E-state index contributed by atoms with van der Waals surface area (Å²) in [4.78, 5) is 28.9. The van der Waals surface area contributed by atoms with Crippen molar-refractivity contribution in [3.05, 3.63) is 24.8 Å². The van der Waals surface area contributed by atoms with Crippen LogP contribution in [0.15, 0.2) is 24.8 Å². The van der Waals surface area contributed by atoms with E-state index in [1.165, 1.54) is 43.4 Å². The molecule has 1 amide bonds. The van der Waals surface area contributed by atoms with Crippen molar-refractivity contribution >= 4 is 22.4 Å². The fourth-order valence-corrected chi connectivity index (χ4v) is 4.75. The van der Waals surface area contributed by atoms with E-state index in [4.69, 9.17) is 0 Å². The Labute approximate surface area is 151 Å². The van der Waals surface area contributed by atoms with Crippen molar-refractivity contribution in [2.24, 2.45) is 0 Å². The Bertz CT molecular complexity index is 713. The number of aromatic nitrogens is 3. The van der Waals surface area contributed by atoms with E-state index in [0.717, 1.165) is 30.0 Å². The minimum atomic E-state index is -0.0132. The van der Waals surface area contributed by atoms with Gasteiger partial charge < -0.3 is 5.32 Å². The molecule has 2 aliphatic rings. The SMILES string of the molecule is O=C(Nc1ncc(-c2cnccn2)s1)[C@@H]1CCCCN1C1CCCC1. The van der Waals surface area contributed by atoms with Gasteiger partial charge in [-0.3, -0.25) is 19.7 Å². The molecule has 1 N–H and O–H groups in total. The molecular formula is C18H23N5OS. The lowest BCUT2D eigenvalue weighted by Gasteiger charge is -2.38. The summed E-state index contributed by atoms with van der Waals surface area (Å²) in [5.41, 5.74) is 0.783. The quantitative estimate of drug-likeness (QED) is 0.909. The molecule has 1 saturated carbocycles. The van der Waals surface area contributed by atoms with Gasteiger partial charge in [-0.15, -0.1) is 0 Å². The van der Waals surface area contributed by atoms with Gasteiger partial charge in [-0.25, -0.2) is 4.98 Å². The summed E-state index contributed by atoms with van der Waals surface area (Å²) in [5, 5.41) is 3.68. The Morgan fingerprint density at radius 1 is 1.08 bits per heavy atom. The van der Waals surface area contributed by atoms with Crippen molar-refractivity contribution in [1.82, 2.24) is 19.9 Å². The summed E-state index contributed by atoms with van der Waals surface area (Å²) in [6.45, 7) is 1.05. The van der Waals surface area contributed by atoms with Gasteiger partial charge in [0.2, 0.25) is 5.91 Å². The molecular weight excluding hydrogens is 334 g/mol. The summed E-state index contributed by atoms with van der Waals surface area (Å²) in [5.74, 6) is 0.0895. The number of nitrogens with zero attached hydrogens (tertiary/aromatic N) is 4. The second-order valence-corrected chi connectivity index (χ2v) is 7.83. The average Bonchev–Trinajstić information content (AvgIpc) is 3.34. The van der Waals surface area contributed by atoms with Gasteiger partial charge >= 0.3 is 0 Å². The molecule has 25 heavy (non-hydrogen) atoms. The molecule has 0 unspecified atom stereocenters. The van der Waals surface area contributed by atoms with E-state index >= 15 is 0 Å². The third-order valence-corrected chi connectivity index (χ3v) is 6.13. The first-order valence-corrected chi connectivity index (χ1v) is 9.92. The fourth-order valence-electron chi connectivity index (χ4n) is 3.97. The maximum absolute atomic E-state index is 12.9. The molecule has 2 fully saturated rings. The molecule has 1 aliphatic carbocycles. The van der Waals surface area contributed by atoms with Gasteiger partial charge in [0.25, 0.3) is 0 Å². The molecule has 3 heterocycles. The molecule has 2 aromatic heterocycles. The largest absolute Gasteiger partial charge is 0.301 e. The molecule has 7 heteroatoms. The average molecular weight is 357 g/mol. The number of nitrogens with one attached hydrogen (secondary N) is 1. The van der Waals surface area contributed by atoms with E-state index in [1.807, 2.05) is 0 Å². The van der Waals surface area contributed by atoms with E-state index < -0.39 is 0 Å². The normalized spacial score (nSPS) is 22.2.